The zero-order valence-corrected chi connectivity index (χ0v) is 19.0. The standard InChI is InChI=1S/C23H23F3N6O3/c1-12-21(27-8-13(10-33)29-12)35-14-7-23(22(25)26)11-28-20-18(32(23)9-14)6-17(30-31-20)15-4-3-5-16(24)19(15)34-2/h3-6,8,14,22,33H,7,9-11H2,1-2H3,(H,28,31)/t14-,23+/m1/s1. The first-order chi connectivity index (χ1) is 16.9. The number of anilines is 2. The summed E-state index contributed by atoms with van der Waals surface area (Å²) in [4.78, 5) is 9.98. The Morgan fingerprint density at radius 1 is 1.31 bits per heavy atom. The van der Waals surface area contributed by atoms with Gasteiger partial charge in [-0.1, -0.05) is 6.07 Å². The zero-order chi connectivity index (χ0) is 24.7. The Morgan fingerprint density at radius 3 is 2.86 bits per heavy atom. The molecule has 35 heavy (non-hydrogen) atoms. The number of fused-ring (bicyclic) bond motifs is 3. The van der Waals surface area contributed by atoms with E-state index in [1.165, 1.54) is 25.4 Å². The minimum absolute atomic E-state index is 0.00588. The fraction of sp³-hybridized carbons (Fsp3) is 0.391. The number of para-hydroxylation sites is 1. The quantitative estimate of drug-likeness (QED) is 0.542. The second-order valence-corrected chi connectivity index (χ2v) is 8.51. The molecule has 2 aromatic heterocycles. The van der Waals surface area contributed by atoms with Crippen molar-refractivity contribution in [3.8, 4) is 22.9 Å². The molecule has 184 valence electrons. The molecule has 2 N–H and O–H groups in total. The molecule has 1 saturated heterocycles. The summed E-state index contributed by atoms with van der Waals surface area (Å²) in [5, 5.41) is 20.6. The lowest BCUT2D eigenvalue weighted by molar-refractivity contribution is 0.0528. The van der Waals surface area contributed by atoms with Crippen molar-refractivity contribution < 1.29 is 27.8 Å². The third-order valence-electron chi connectivity index (χ3n) is 6.38. The number of aliphatic hydroxyl groups excluding tert-OH is 1. The molecule has 12 heteroatoms. The van der Waals surface area contributed by atoms with E-state index < -0.39 is 23.9 Å². The van der Waals surface area contributed by atoms with Crippen LogP contribution >= 0.6 is 0 Å². The molecule has 0 spiro atoms. The van der Waals surface area contributed by atoms with Gasteiger partial charge in [0.1, 0.15) is 11.6 Å². The molecule has 2 aliphatic rings. The molecular formula is C23H23F3N6O3. The van der Waals surface area contributed by atoms with Crippen LogP contribution in [0.4, 0.5) is 24.7 Å². The first kappa shape index (κ1) is 23.1. The van der Waals surface area contributed by atoms with E-state index in [9.17, 15) is 18.3 Å². The molecule has 0 saturated carbocycles. The maximum atomic E-state index is 14.5. The fourth-order valence-corrected chi connectivity index (χ4v) is 4.69. The van der Waals surface area contributed by atoms with Crippen LogP contribution in [0.3, 0.4) is 0 Å². The van der Waals surface area contributed by atoms with Gasteiger partial charge in [-0.25, -0.2) is 23.1 Å². The molecule has 1 fully saturated rings. The van der Waals surface area contributed by atoms with Gasteiger partial charge in [-0.05, 0) is 25.1 Å². The lowest BCUT2D eigenvalue weighted by Crippen LogP contribution is -2.57. The van der Waals surface area contributed by atoms with Crippen LogP contribution in [-0.2, 0) is 6.61 Å². The molecule has 0 amide bonds. The van der Waals surface area contributed by atoms with Gasteiger partial charge in [0.15, 0.2) is 17.4 Å². The van der Waals surface area contributed by atoms with E-state index in [1.807, 2.05) is 0 Å². The Hall–Kier alpha value is -3.67. The van der Waals surface area contributed by atoms with Crippen molar-refractivity contribution in [1.29, 1.82) is 0 Å². The molecule has 0 radical (unpaired) electrons. The van der Waals surface area contributed by atoms with Gasteiger partial charge in [0.05, 0.1) is 49.2 Å². The molecular weight excluding hydrogens is 465 g/mol. The summed E-state index contributed by atoms with van der Waals surface area (Å²) < 4.78 is 54.5. The topological polar surface area (TPSA) is 106 Å². The van der Waals surface area contributed by atoms with Gasteiger partial charge >= 0.3 is 0 Å². The maximum absolute atomic E-state index is 14.5. The number of hydrogen-bond acceptors (Lipinski definition) is 9. The van der Waals surface area contributed by atoms with Gasteiger partial charge in [0.2, 0.25) is 5.88 Å². The number of nitrogens with zero attached hydrogens (tertiary/aromatic N) is 5. The Kier molecular flexibility index (Phi) is 5.83. The van der Waals surface area contributed by atoms with Crippen LogP contribution in [0.2, 0.25) is 0 Å². The van der Waals surface area contributed by atoms with Gasteiger partial charge in [-0.2, -0.15) is 0 Å². The highest BCUT2D eigenvalue weighted by Crippen LogP contribution is 2.46. The highest BCUT2D eigenvalue weighted by Gasteiger charge is 2.56. The van der Waals surface area contributed by atoms with E-state index in [4.69, 9.17) is 9.47 Å². The van der Waals surface area contributed by atoms with Gasteiger partial charge in [-0.3, -0.25) is 0 Å². The monoisotopic (exact) mass is 488 g/mol. The third-order valence-corrected chi connectivity index (χ3v) is 6.38. The zero-order valence-electron chi connectivity index (χ0n) is 19.0. The molecule has 2 aliphatic heterocycles. The highest BCUT2D eigenvalue weighted by atomic mass is 19.3. The van der Waals surface area contributed by atoms with Crippen LogP contribution in [0.1, 0.15) is 17.8 Å². The van der Waals surface area contributed by atoms with Crippen LogP contribution in [0, 0.1) is 12.7 Å². The summed E-state index contributed by atoms with van der Waals surface area (Å²) in [6.07, 6.45) is -1.88. The number of ether oxygens (including phenoxy) is 2. The summed E-state index contributed by atoms with van der Waals surface area (Å²) in [7, 11) is 1.34. The normalized spacial score (nSPS) is 20.9. The molecule has 2 atom stereocenters. The molecule has 5 rings (SSSR count). The predicted molar refractivity (Wildman–Crippen MR) is 120 cm³/mol. The van der Waals surface area contributed by atoms with Crippen molar-refractivity contribution in [2.45, 2.75) is 38.0 Å². The minimum Gasteiger partial charge on any atom is -0.493 e. The largest absolute Gasteiger partial charge is 0.493 e. The summed E-state index contributed by atoms with van der Waals surface area (Å²) >= 11 is 0. The molecule has 1 aromatic carbocycles. The van der Waals surface area contributed by atoms with E-state index in [0.29, 0.717) is 28.5 Å². The van der Waals surface area contributed by atoms with Crippen LogP contribution in [-0.4, -0.2) is 63.5 Å². The number of aryl methyl sites for hydroxylation is 1. The number of halogens is 3. The number of aromatic nitrogens is 4. The number of nitrogens with one attached hydrogen (secondary N) is 1. The van der Waals surface area contributed by atoms with Gasteiger partial charge in [0, 0.05) is 18.5 Å². The number of aliphatic hydroxyl groups is 1. The number of alkyl halides is 2. The van der Waals surface area contributed by atoms with Crippen molar-refractivity contribution in [2.24, 2.45) is 0 Å². The summed E-state index contributed by atoms with van der Waals surface area (Å²) in [6, 6.07) is 6.01. The predicted octanol–water partition coefficient (Wildman–Crippen LogP) is 2.97. The van der Waals surface area contributed by atoms with Crippen molar-refractivity contribution in [2.75, 3.05) is 30.4 Å². The van der Waals surface area contributed by atoms with E-state index in [2.05, 4.69) is 25.5 Å². The first-order valence-corrected chi connectivity index (χ1v) is 11.0. The number of rotatable bonds is 6. The Morgan fingerprint density at radius 2 is 2.14 bits per heavy atom. The van der Waals surface area contributed by atoms with Crippen molar-refractivity contribution in [3.05, 3.63) is 47.7 Å². The van der Waals surface area contributed by atoms with Crippen molar-refractivity contribution in [3.63, 3.8) is 0 Å². The van der Waals surface area contributed by atoms with Crippen LogP contribution in [0.5, 0.6) is 11.6 Å². The van der Waals surface area contributed by atoms with Crippen LogP contribution in [0.25, 0.3) is 11.3 Å². The summed E-state index contributed by atoms with van der Waals surface area (Å²) in [6.45, 7) is 1.51. The van der Waals surface area contributed by atoms with Crippen molar-refractivity contribution >= 4 is 11.5 Å². The van der Waals surface area contributed by atoms with Gasteiger partial charge in [0.25, 0.3) is 6.43 Å². The average Bonchev–Trinajstić information content (AvgIpc) is 3.25. The molecule has 9 nitrogen and oxygen atoms in total. The molecule has 0 bridgehead atoms. The van der Waals surface area contributed by atoms with Gasteiger partial charge < -0.3 is 24.8 Å². The number of methoxy groups -OCH3 is 1. The average molecular weight is 488 g/mol. The first-order valence-electron chi connectivity index (χ1n) is 11.0. The Labute approximate surface area is 198 Å². The van der Waals surface area contributed by atoms with Crippen LogP contribution in [0.15, 0.2) is 30.5 Å². The third kappa shape index (κ3) is 3.87. The summed E-state index contributed by atoms with van der Waals surface area (Å²) in [5.74, 6) is 0.00329. The summed E-state index contributed by atoms with van der Waals surface area (Å²) in [5.41, 5.74) is 0.362. The maximum Gasteiger partial charge on any atom is 0.263 e. The molecule has 0 unspecified atom stereocenters. The molecule has 4 heterocycles. The minimum atomic E-state index is -2.69. The Balaban J connectivity index is 1.51. The van der Waals surface area contributed by atoms with E-state index in [1.54, 1.807) is 24.0 Å². The van der Waals surface area contributed by atoms with E-state index >= 15 is 0 Å². The van der Waals surface area contributed by atoms with E-state index in [0.717, 1.165) is 0 Å². The fourth-order valence-electron chi connectivity index (χ4n) is 4.69. The van der Waals surface area contributed by atoms with E-state index in [-0.39, 0.29) is 43.4 Å². The molecule has 0 aliphatic carbocycles. The SMILES string of the molecule is COc1c(F)cccc1-c1cc2c(nn1)NC[C@]1(C(F)F)C[C@@H](Oc3ncc(CO)nc3C)CN21. The lowest BCUT2D eigenvalue weighted by atomic mass is 9.93. The molecule has 3 aromatic rings. The number of benzene rings is 1. The van der Waals surface area contributed by atoms with Gasteiger partial charge in [-0.15, -0.1) is 10.2 Å². The van der Waals surface area contributed by atoms with Crippen LogP contribution < -0.4 is 19.7 Å². The second kappa shape index (κ2) is 8.84. The second-order valence-electron chi connectivity index (χ2n) is 8.51. The lowest BCUT2D eigenvalue weighted by Gasteiger charge is -2.43. The highest BCUT2D eigenvalue weighted by molar-refractivity contribution is 5.78. The Bertz CT molecular complexity index is 1260. The smallest absolute Gasteiger partial charge is 0.263 e. The number of hydrogen-bond donors (Lipinski definition) is 2. The van der Waals surface area contributed by atoms with Crippen molar-refractivity contribution in [1.82, 2.24) is 20.2 Å².